The zero-order chi connectivity index (χ0) is 35.7. The van der Waals surface area contributed by atoms with Gasteiger partial charge in [0.15, 0.2) is 0 Å². The lowest BCUT2D eigenvalue weighted by molar-refractivity contribution is -0.136. The van der Waals surface area contributed by atoms with Crippen LogP contribution in [0.5, 0.6) is 23.0 Å². The second-order valence-corrected chi connectivity index (χ2v) is 10.6. The number of anilines is 1. The Morgan fingerprint density at radius 3 is 1.60 bits per heavy atom. The third-order valence-corrected chi connectivity index (χ3v) is 6.89. The number of alkyl halides is 3. The van der Waals surface area contributed by atoms with E-state index in [0.717, 1.165) is 4.90 Å². The minimum atomic E-state index is -4.24. The normalized spacial score (nSPS) is 12.7. The summed E-state index contributed by atoms with van der Waals surface area (Å²) in [6.07, 6.45) is -0.346. The van der Waals surface area contributed by atoms with Crippen LogP contribution in [0.2, 0.25) is 0 Å². The lowest BCUT2D eigenvalue weighted by Crippen LogP contribution is -2.29. The summed E-state index contributed by atoms with van der Waals surface area (Å²) in [5, 5.41) is 0. The molecule has 1 aliphatic heterocycles. The number of amides is 2. The number of hydrogen-bond donors (Lipinski definition) is 0. The van der Waals surface area contributed by atoms with Gasteiger partial charge in [-0.15, -0.1) is 0 Å². The van der Waals surface area contributed by atoms with Crippen LogP contribution < -0.4 is 23.8 Å². The van der Waals surface area contributed by atoms with E-state index in [-0.39, 0.29) is 41.4 Å². The largest absolute Gasteiger partial charge is 0.494 e. The first kappa shape index (κ1) is 34.8. The third kappa shape index (κ3) is 9.76. The molecule has 0 spiro atoms. The van der Waals surface area contributed by atoms with Gasteiger partial charge >= 0.3 is 24.1 Å². The quantitative estimate of drug-likeness (QED) is 0.0515. The number of halogens is 3. The maximum Gasteiger partial charge on any atom is 0.389 e. The van der Waals surface area contributed by atoms with Crippen molar-refractivity contribution >= 4 is 41.5 Å². The standard InChI is InChI=1S/C37H26F3NO9/c38-37(39,40)22-1-23-47-28-13-5-25(6-14-28)35(45)49-30-11-2-24(3-12-30)4-21-34(44)48-29-15-7-26(8-16-29)36(46)50-31-17-9-27(10-18-31)41-32(42)19-20-33(41)43/h2-21H,1,22-23H2/b21-4+. The van der Waals surface area contributed by atoms with Crippen LogP contribution in [0, 0.1) is 0 Å². The maximum absolute atomic E-state index is 12.6. The van der Waals surface area contributed by atoms with Crippen molar-refractivity contribution in [3.05, 3.63) is 132 Å². The fraction of sp³-hybridized carbons (Fsp3) is 0.108. The fourth-order valence-corrected chi connectivity index (χ4v) is 4.42. The molecule has 13 heteroatoms. The topological polar surface area (TPSA) is 126 Å². The molecule has 0 radical (unpaired) electrons. The first-order chi connectivity index (χ1) is 23.9. The molecule has 50 heavy (non-hydrogen) atoms. The highest BCUT2D eigenvalue weighted by Crippen LogP contribution is 2.24. The number of carbonyl (C=O) groups excluding carboxylic acids is 5. The number of hydrogen-bond acceptors (Lipinski definition) is 9. The molecule has 1 aliphatic rings. The summed E-state index contributed by atoms with van der Waals surface area (Å²) in [6.45, 7) is -0.110. The number of nitrogens with zero attached hydrogens (tertiary/aromatic N) is 1. The lowest BCUT2D eigenvalue weighted by Gasteiger charge is -2.14. The Labute approximate surface area is 282 Å². The van der Waals surface area contributed by atoms with E-state index in [1.807, 2.05) is 0 Å². The van der Waals surface area contributed by atoms with Gasteiger partial charge in [-0.25, -0.2) is 19.3 Å². The minimum absolute atomic E-state index is 0.110. The van der Waals surface area contributed by atoms with Crippen LogP contribution in [-0.4, -0.2) is 42.5 Å². The van der Waals surface area contributed by atoms with Gasteiger partial charge in [0, 0.05) is 24.6 Å². The Bertz CT molecular complexity index is 1910. The molecule has 0 unspecified atom stereocenters. The molecular formula is C37H26F3NO9. The average Bonchev–Trinajstić information content (AvgIpc) is 3.44. The van der Waals surface area contributed by atoms with Crippen LogP contribution in [0.25, 0.3) is 6.08 Å². The molecule has 2 amide bonds. The van der Waals surface area contributed by atoms with E-state index in [2.05, 4.69) is 0 Å². The summed E-state index contributed by atoms with van der Waals surface area (Å²) in [5.41, 5.74) is 1.34. The number of carbonyl (C=O) groups is 5. The van der Waals surface area contributed by atoms with Gasteiger partial charge < -0.3 is 18.9 Å². The highest BCUT2D eigenvalue weighted by Gasteiger charge is 2.26. The van der Waals surface area contributed by atoms with Crippen molar-refractivity contribution < 1.29 is 56.1 Å². The molecule has 0 aromatic heterocycles. The molecule has 0 atom stereocenters. The molecule has 10 nitrogen and oxygen atoms in total. The molecule has 0 N–H and O–H groups in total. The van der Waals surface area contributed by atoms with Gasteiger partial charge in [-0.2, -0.15) is 13.2 Å². The van der Waals surface area contributed by atoms with E-state index in [1.54, 1.807) is 12.1 Å². The van der Waals surface area contributed by atoms with Gasteiger partial charge in [0.2, 0.25) is 0 Å². The molecule has 0 aliphatic carbocycles. The van der Waals surface area contributed by atoms with Crippen LogP contribution in [-0.2, 0) is 14.4 Å². The van der Waals surface area contributed by atoms with Crippen LogP contribution in [0.15, 0.2) is 115 Å². The van der Waals surface area contributed by atoms with Gasteiger partial charge in [0.25, 0.3) is 11.8 Å². The maximum atomic E-state index is 12.6. The Kier molecular flexibility index (Phi) is 10.9. The van der Waals surface area contributed by atoms with Crippen molar-refractivity contribution in [3.63, 3.8) is 0 Å². The van der Waals surface area contributed by atoms with Crippen LogP contribution in [0.3, 0.4) is 0 Å². The molecule has 0 saturated carbocycles. The third-order valence-electron chi connectivity index (χ3n) is 6.89. The second-order valence-electron chi connectivity index (χ2n) is 10.6. The Morgan fingerprint density at radius 2 is 1.08 bits per heavy atom. The van der Waals surface area contributed by atoms with E-state index >= 15 is 0 Å². The van der Waals surface area contributed by atoms with Crippen molar-refractivity contribution in [1.82, 2.24) is 0 Å². The highest BCUT2D eigenvalue weighted by atomic mass is 19.4. The number of rotatable bonds is 12. The molecule has 254 valence electrons. The van der Waals surface area contributed by atoms with Crippen LogP contribution in [0.4, 0.5) is 18.9 Å². The number of ether oxygens (including phenoxy) is 4. The zero-order valence-corrected chi connectivity index (χ0v) is 25.9. The van der Waals surface area contributed by atoms with Crippen molar-refractivity contribution in [3.8, 4) is 23.0 Å². The second kappa shape index (κ2) is 15.6. The lowest BCUT2D eigenvalue weighted by atomic mass is 10.2. The zero-order valence-electron chi connectivity index (χ0n) is 25.9. The summed E-state index contributed by atoms with van der Waals surface area (Å²) in [7, 11) is 0. The molecule has 4 aromatic rings. The van der Waals surface area contributed by atoms with Gasteiger partial charge in [0.05, 0.1) is 23.4 Å². The smallest absolute Gasteiger partial charge is 0.389 e. The predicted molar refractivity (Wildman–Crippen MR) is 173 cm³/mol. The fourth-order valence-electron chi connectivity index (χ4n) is 4.42. The molecule has 0 bridgehead atoms. The van der Waals surface area contributed by atoms with Crippen LogP contribution >= 0.6 is 0 Å². The SMILES string of the molecule is O=C(/C=C/c1ccc(OC(=O)c2ccc(OCCCC(F)(F)F)cc2)cc1)Oc1ccc(C(=O)Oc2ccc(N3C(=O)C=CC3=O)cc2)cc1. The van der Waals surface area contributed by atoms with E-state index in [4.69, 9.17) is 18.9 Å². The predicted octanol–water partition coefficient (Wildman–Crippen LogP) is 6.89. The number of esters is 3. The van der Waals surface area contributed by atoms with E-state index < -0.39 is 42.3 Å². The summed E-state index contributed by atoms with van der Waals surface area (Å²) < 4.78 is 57.9. The monoisotopic (exact) mass is 685 g/mol. The molecule has 1 heterocycles. The van der Waals surface area contributed by atoms with Gasteiger partial charge in [0.1, 0.15) is 23.0 Å². The number of imide groups is 1. The Balaban J connectivity index is 1.05. The van der Waals surface area contributed by atoms with E-state index in [0.29, 0.717) is 17.0 Å². The number of benzene rings is 4. The first-order valence-corrected chi connectivity index (χ1v) is 14.9. The Hall–Kier alpha value is -6.50. The summed E-state index contributed by atoms with van der Waals surface area (Å²) in [5.74, 6) is -2.01. The van der Waals surface area contributed by atoms with Crippen molar-refractivity contribution in [1.29, 1.82) is 0 Å². The summed E-state index contributed by atoms with van der Waals surface area (Å²) >= 11 is 0. The van der Waals surface area contributed by atoms with Gasteiger partial charge in [-0.1, -0.05) is 12.1 Å². The van der Waals surface area contributed by atoms with Gasteiger partial charge in [-0.3, -0.25) is 9.59 Å². The molecular weight excluding hydrogens is 659 g/mol. The minimum Gasteiger partial charge on any atom is -0.494 e. The highest BCUT2D eigenvalue weighted by molar-refractivity contribution is 6.28. The molecule has 0 fully saturated rings. The van der Waals surface area contributed by atoms with Crippen molar-refractivity contribution in [2.24, 2.45) is 0 Å². The summed E-state index contributed by atoms with van der Waals surface area (Å²) in [6, 6.07) is 23.6. The average molecular weight is 686 g/mol. The molecule has 4 aromatic carbocycles. The van der Waals surface area contributed by atoms with E-state index in [9.17, 15) is 37.1 Å². The Morgan fingerprint density at radius 1 is 0.620 bits per heavy atom. The first-order valence-electron chi connectivity index (χ1n) is 14.9. The summed E-state index contributed by atoms with van der Waals surface area (Å²) in [4.78, 5) is 62.0. The van der Waals surface area contributed by atoms with Crippen LogP contribution in [0.1, 0.15) is 39.1 Å². The van der Waals surface area contributed by atoms with Gasteiger partial charge in [-0.05, 0) is 103 Å². The molecule has 5 rings (SSSR count). The van der Waals surface area contributed by atoms with E-state index in [1.165, 1.54) is 109 Å². The molecule has 0 saturated heterocycles. The van der Waals surface area contributed by atoms with Crippen molar-refractivity contribution in [2.75, 3.05) is 11.5 Å². The van der Waals surface area contributed by atoms with Crippen molar-refractivity contribution in [2.45, 2.75) is 19.0 Å².